The quantitative estimate of drug-likeness (QED) is 0.709. The maximum absolute atomic E-state index is 12.9. The summed E-state index contributed by atoms with van der Waals surface area (Å²) in [6.45, 7) is 3.11. The van der Waals surface area contributed by atoms with Gasteiger partial charge in [0.1, 0.15) is 0 Å². The molecule has 2 N–H and O–H groups in total. The molecule has 0 aromatic heterocycles. The van der Waals surface area contributed by atoms with E-state index >= 15 is 0 Å². The second kappa shape index (κ2) is 8.99. The molecular formula is C21H23N3O5S2. The van der Waals surface area contributed by atoms with Crippen LogP contribution in [0.3, 0.4) is 0 Å². The second-order valence-corrected chi connectivity index (χ2v) is 10.5. The van der Waals surface area contributed by atoms with E-state index in [2.05, 4.69) is 10.6 Å². The zero-order valence-corrected chi connectivity index (χ0v) is 18.6. The number of nitrogens with zero attached hydrogens (tertiary/aromatic N) is 1. The lowest BCUT2D eigenvalue weighted by Gasteiger charge is -2.26. The zero-order chi connectivity index (χ0) is 22.0. The van der Waals surface area contributed by atoms with Crippen molar-refractivity contribution >= 4 is 45.0 Å². The Labute approximate surface area is 185 Å². The smallest absolute Gasteiger partial charge is 0.243 e. The van der Waals surface area contributed by atoms with Gasteiger partial charge in [-0.25, -0.2) is 8.42 Å². The Bertz CT molecular complexity index is 1110. The highest BCUT2D eigenvalue weighted by atomic mass is 32.2. The van der Waals surface area contributed by atoms with Crippen molar-refractivity contribution in [1.82, 2.24) is 4.31 Å². The van der Waals surface area contributed by atoms with Crippen molar-refractivity contribution < 1.29 is 22.7 Å². The van der Waals surface area contributed by atoms with Crippen LogP contribution in [0.2, 0.25) is 0 Å². The number of fused-ring (bicyclic) bond motifs is 1. The van der Waals surface area contributed by atoms with Crippen LogP contribution >= 0.6 is 11.8 Å². The molecule has 31 heavy (non-hydrogen) atoms. The molecule has 4 rings (SSSR count). The molecule has 2 aliphatic heterocycles. The third-order valence-corrected chi connectivity index (χ3v) is 8.34. The molecule has 0 saturated carbocycles. The van der Waals surface area contributed by atoms with Crippen molar-refractivity contribution in [3.05, 3.63) is 48.0 Å². The number of hydrogen-bond donors (Lipinski definition) is 2. The van der Waals surface area contributed by atoms with Crippen LogP contribution < -0.4 is 10.6 Å². The molecule has 1 saturated heterocycles. The van der Waals surface area contributed by atoms with E-state index in [1.165, 1.54) is 28.2 Å². The van der Waals surface area contributed by atoms with E-state index in [0.29, 0.717) is 32.0 Å². The SMILES string of the molecule is Cc1ccc(S(=O)(=O)N2CCOCC2)cc1NC(=O)CC1Sc2ccccc2NC1=O. The summed E-state index contributed by atoms with van der Waals surface area (Å²) >= 11 is 1.35. The number of morpholine rings is 1. The maximum atomic E-state index is 12.9. The summed E-state index contributed by atoms with van der Waals surface area (Å²) in [6.07, 6.45) is -0.0231. The molecule has 10 heteroatoms. The van der Waals surface area contributed by atoms with E-state index < -0.39 is 15.3 Å². The first-order valence-corrected chi connectivity index (χ1v) is 12.2. The molecule has 1 atom stereocenters. The molecule has 2 heterocycles. The number of aryl methyl sites for hydroxylation is 1. The number of benzene rings is 2. The Hall–Kier alpha value is -2.40. The van der Waals surface area contributed by atoms with Crippen LogP contribution in [-0.2, 0) is 24.3 Å². The Morgan fingerprint density at radius 2 is 1.97 bits per heavy atom. The number of carbonyl (C=O) groups is 2. The van der Waals surface area contributed by atoms with E-state index in [1.807, 2.05) is 24.3 Å². The van der Waals surface area contributed by atoms with Gasteiger partial charge in [0.25, 0.3) is 0 Å². The van der Waals surface area contributed by atoms with Gasteiger partial charge in [0.05, 0.1) is 29.0 Å². The molecule has 164 valence electrons. The lowest BCUT2D eigenvalue weighted by molar-refractivity contribution is -0.120. The van der Waals surface area contributed by atoms with Crippen LogP contribution in [0, 0.1) is 6.92 Å². The highest BCUT2D eigenvalue weighted by Crippen LogP contribution is 2.36. The highest BCUT2D eigenvalue weighted by Gasteiger charge is 2.30. The lowest BCUT2D eigenvalue weighted by Crippen LogP contribution is -2.40. The Balaban J connectivity index is 1.47. The largest absolute Gasteiger partial charge is 0.379 e. The number of hydrogen-bond acceptors (Lipinski definition) is 6. The number of anilines is 2. The summed E-state index contributed by atoms with van der Waals surface area (Å²) in [5, 5.41) is 5.04. The number of para-hydroxylation sites is 1. The molecule has 0 spiro atoms. The molecule has 0 bridgehead atoms. The van der Waals surface area contributed by atoms with E-state index in [-0.39, 0.29) is 23.1 Å². The average molecular weight is 462 g/mol. The molecule has 2 aromatic rings. The van der Waals surface area contributed by atoms with Gasteiger partial charge in [0.2, 0.25) is 21.8 Å². The Morgan fingerprint density at radius 1 is 1.23 bits per heavy atom. The summed E-state index contributed by atoms with van der Waals surface area (Å²) < 4.78 is 32.4. The van der Waals surface area contributed by atoms with Crippen LogP contribution in [0.5, 0.6) is 0 Å². The zero-order valence-electron chi connectivity index (χ0n) is 17.0. The van der Waals surface area contributed by atoms with E-state index in [9.17, 15) is 18.0 Å². The number of thioether (sulfide) groups is 1. The number of ether oxygens (including phenoxy) is 1. The fourth-order valence-corrected chi connectivity index (χ4v) is 5.97. The maximum Gasteiger partial charge on any atom is 0.243 e. The summed E-state index contributed by atoms with van der Waals surface area (Å²) in [7, 11) is -3.67. The molecule has 0 radical (unpaired) electrons. The number of amides is 2. The van der Waals surface area contributed by atoms with Crippen LogP contribution in [-0.4, -0.2) is 56.1 Å². The predicted molar refractivity (Wildman–Crippen MR) is 119 cm³/mol. The Morgan fingerprint density at radius 3 is 2.74 bits per heavy atom. The molecular weight excluding hydrogens is 438 g/mol. The number of rotatable bonds is 5. The second-order valence-electron chi connectivity index (χ2n) is 7.34. The van der Waals surface area contributed by atoms with Crippen LogP contribution in [0.4, 0.5) is 11.4 Å². The van der Waals surface area contributed by atoms with Gasteiger partial charge in [0, 0.05) is 30.1 Å². The minimum absolute atomic E-state index is 0.0231. The normalized spacial score (nSPS) is 19.4. The van der Waals surface area contributed by atoms with Crippen LogP contribution in [0.15, 0.2) is 52.3 Å². The topological polar surface area (TPSA) is 105 Å². The van der Waals surface area contributed by atoms with E-state index in [4.69, 9.17) is 4.74 Å². The van der Waals surface area contributed by atoms with Crippen molar-refractivity contribution in [2.24, 2.45) is 0 Å². The fourth-order valence-electron chi connectivity index (χ4n) is 3.43. The molecule has 2 amide bonds. The first kappa shape index (κ1) is 21.8. The van der Waals surface area contributed by atoms with Gasteiger partial charge in [-0.05, 0) is 36.8 Å². The van der Waals surface area contributed by atoms with Crippen LogP contribution in [0.25, 0.3) is 0 Å². The Kier molecular flexibility index (Phi) is 6.33. The van der Waals surface area contributed by atoms with Crippen molar-refractivity contribution in [3.8, 4) is 0 Å². The molecule has 8 nitrogen and oxygen atoms in total. The molecule has 1 unspecified atom stereocenters. The predicted octanol–water partition coefficient (Wildman–Crippen LogP) is 2.46. The molecule has 2 aromatic carbocycles. The van der Waals surface area contributed by atoms with Gasteiger partial charge in [-0.2, -0.15) is 4.31 Å². The van der Waals surface area contributed by atoms with Crippen molar-refractivity contribution in [3.63, 3.8) is 0 Å². The molecule has 1 fully saturated rings. The van der Waals surface area contributed by atoms with Gasteiger partial charge < -0.3 is 15.4 Å². The van der Waals surface area contributed by atoms with Gasteiger partial charge in [-0.3, -0.25) is 9.59 Å². The first-order valence-electron chi connectivity index (χ1n) is 9.89. The van der Waals surface area contributed by atoms with Crippen molar-refractivity contribution in [1.29, 1.82) is 0 Å². The molecule has 0 aliphatic carbocycles. The van der Waals surface area contributed by atoms with Crippen molar-refractivity contribution in [2.75, 3.05) is 36.9 Å². The summed E-state index contributed by atoms with van der Waals surface area (Å²) in [5.41, 5.74) is 1.90. The third-order valence-electron chi connectivity index (χ3n) is 5.17. The van der Waals surface area contributed by atoms with Gasteiger partial charge >= 0.3 is 0 Å². The lowest BCUT2D eigenvalue weighted by atomic mass is 10.2. The standard InChI is InChI=1S/C21H23N3O5S2/c1-14-6-7-15(31(27,28)24-8-10-29-11-9-24)12-17(14)22-20(25)13-19-21(26)23-16-4-2-3-5-18(16)30-19/h2-7,12,19H,8-11,13H2,1H3,(H,22,25)(H,23,26). The average Bonchev–Trinajstić information content (AvgIpc) is 2.76. The number of carbonyl (C=O) groups excluding carboxylic acids is 2. The number of nitrogens with one attached hydrogen (secondary N) is 2. The number of sulfonamides is 1. The fraction of sp³-hybridized carbons (Fsp3) is 0.333. The van der Waals surface area contributed by atoms with E-state index in [1.54, 1.807) is 13.0 Å². The monoisotopic (exact) mass is 461 g/mol. The van der Waals surface area contributed by atoms with Gasteiger partial charge in [0.15, 0.2) is 0 Å². The van der Waals surface area contributed by atoms with Crippen LogP contribution in [0.1, 0.15) is 12.0 Å². The minimum atomic E-state index is -3.67. The summed E-state index contributed by atoms with van der Waals surface area (Å²) in [4.78, 5) is 26.1. The first-order chi connectivity index (χ1) is 14.8. The molecule has 2 aliphatic rings. The minimum Gasteiger partial charge on any atom is -0.379 e. The third kappa shape index (κ3) is 4.77. The van der Waals surface area contributed by atoms with E-state index in [0.717, 1.165) is 16.1 Å². The summed E-state index contributed by atoms with van der Waals surface area (Å²) in [6, 6.07) is 12.1. The van der Waals surface area contributed by atoms with Gasteiger partial charge in [-0.1, -0.05) is 18.2 Å². The van der Waals surface area contributed by atoms with Gasteiger partial charge in [-0.15, -0.1) is 11.8 Å². The van der Waals surface area contributed by atoms with Crippen molar-refractivity contribution in [2.45, 2.75) is 28.4 Å². The highest BCUT2D eigenvalue weighted by molar-refractivity contribution is 8.01. The summed E-state index contributed by atoms with van der Waals surface area (Å²) in [5.74, 6) is -0.574.